The van der Waals surface area contributed by atoms with Gasteiger partial charge in [0.25, 0.3) is 0 Å². The quantitative estimate of drug-likeness (QED) is 0.591. The minimum absolute atomic E-state index is 1.08. The predicted molar refractivity (Wildman–Crippen MR) is 53.0 cm³/mol. The monoisotopic (exact) mass is 162 g/mol. The average molecular weight is 162 g/mol. The zero-order valence-corrected chi connectivity index (χ0v) is 7.97. The SMILES string of the molecule is CC1=CCCC=C1CCC1CC1. The zero-order valence-electron chi connectivity index (χ0n) is 7.97. The van der Waals surface area contributed by atoms with Crippen LogP contribution in [0.1, 0.15) is 45.4 Å². The third-order valence-electron chi connectivity index (χ3n) is 3.03. The van der Waals surface area contributed by atoms with E-state index in [0.717, 1.165) is 5.92 Å². The van der Waals surface area contributed by atoms with E-state index in [1.165, 1.54) is 38.5 Å². The van der Waals surface area contributed by atoms with Crippen LogP contribution in [0, 0.1) is 5.92 Å². The summed E-state index contributed by atoms with van der Waals surface area (Å²) in [6.45, 7) is 2.26. The van der Waals surface area contributed by atoms with Crippen LogP contribution in [0.25, 0.3) is 0 Å². The van der Waals surface area contributed by atoms with Crippen molar-refractivity contribution in [2.45, 2.75) is 45.4 Å². The maximum atomic E-state index is 2.44. The first-order valence-electron chi connectivity index (χ1n) is 5.22. The Bertz CT molecular complexity index is 216. The van der Waals surface area contributed by atoms with Crippen LogP contribution in [0.2, 0.25) is 0 Å². The summed E-state index contributed by atoms with van der Waals surface area (Å²) in [6.07, 6.45) is 13.1. The summed E-state index contributed by atoms with van der Waals surface area (Å²) in [4.78, 5) is 0. The highest BCUT2D eigenvalue weighted by atomic mass is 14.3. The fourth-order valence-electron chi connectivity index (χ4n) is 1.91. The van der Waals surface area contributed by atoms with Gasteiger partial charge in [-0.1, -0.05) is 30.6 Å². The van der Waals surface area contributed by atoms with Gasteiger partial charge in [0, 0.05) is 0 Å². The van der Waals surface area contributed by atoms with Crippen LogP contribution >= 0.6 is 0 Å². The van der Waals surface area contributed by atoms with Crippen molar-refractivity contribution in [2.75, 3.05) is 0 Å². The molecule has 0 nitrogen and oxygen atoms in total. The molecule has 1 fully saturated rings. The van der Waals surface area contributed by atoms with Crippen LogP contribution in [-0.4, -0.2) is 0 Å². The van der Waals surface area contributed by atoms with Gasteiger partial charge in [-0.2, -0.15) is 0 Å². The molecule has 0 N–H and O–H groups in total. The zero-order chi connectivity index (χ0) is 8.39. The van der Waals surface area contributed by atoms with E-state index in [1.807, 2.05) is 0 Å². The molecular weight excluding hydrogens is 144 g/mol. The molecule has 0 amide bonds. The molecular formula is C12H18. The van der Waals surface area contributed by atoms with Crippen molar-refractivity contribution in [1.29, 1.82) is 0 Å². The van der Waals surface area contributed by atoms with Gasteiger partial charge < -0.3 is 0 Å². The van der Waals surface area contributed by atoms with Crippen LogP contribution in [0.3, 0.4) is 0 Å². The molecule has 0 aliphatic heterocycles. The maximum Gasteiger partial charge on any atom is -0.0277 e. The first-order valence-corrected chi connectivity index (χ1v) is 5.22. The highest BCUT2D eigenvalue weighted by molar-refractivity contribution is 5.31. The van der Waals surface area contributed by atoms with Crippen molar-refractivity contribution in [2.24, 2.45) is 5.92 Å². The maximum absolute atomic E-state index is 2.44. The molecule has 2 aliphatic carbocycles. The van der Waals surface area contributed by atoms with Gasteiger partial charge in [0.2, 0.25) is 0 Å². The highest BCUT2D eigenvalue weighted by Gasteiger charge is 2.21. The molecule has 0 spiro atoms. The molecule has 0 heteroatoms. The van der Waals surface area contributed by atoms with E-state index in [2.05, 4.69) is 19.1 Å². The second-order valence-corrected chi connectivity index (χ2v) is 4.18. The van der Waals surface area contributed by atoms with E-state index in [4.69, 9.17) is 0 Å². The summed E-state index contributed by atoms with van der Waals surface area (Å²) >= 11 is 0. The van der Waals surface area contributed by atoms with E-state index < -0.39 is 0 Å². The standard InChI is InChI=1S/C12H18/c1-10-4-2-3-5-12(10)9-8-11-6-7-11/h4-5,11H,2-3,6-9H2,1H3. The largest absolute Gasteiger partial charge is 0.0810 e. The van der Waals surface area contributed by atoms with Crippen molar-refractivity contribution in [1.82, 2.24) is 0 Å². The van der Waals surface area contributed by atoms with Crippen molar-refractivity contribution in [3.8, 4) is 0 Å². The van der Waals surface area contributed by atoms with Crippen LogP contribution in [0.15, 0.2) is 23.3 Å². The summed E-state index contributed by atoms with van der Waals surface area (Å²) in [7, 11) is 0. The minimum atomic E-state index is 1.08. The summed E-state index contributed by atoms with van der Waals surface area (Å²) in [5, 5.41) is 0. The first kappa shape index (κ1) is 8.10. The Morgan fingerprint density at radius 1 is 1.25 bits per heavy atom. The van der Waals surface area contributed by atoms with Crippen molar-refractivity contribution in [3.05, 3.63) is 23.3 Å². The molecule has 0 saturated heterocycles. The molecule has 1 saturated carbocycles. The van der Waals surface area contributed by atoms with Crippen molar-refractivity contribution >= 4 is 0 Å². The van der Waals surface area contributed by atoms with E-state index in [1.54, 1.807) is 11.1 Å². The Morgan fingerprint density at radius 3 is 2.67 bits per heavy atom. The first-order chi connectivity index (χ1) is 5.86. The topological polar surface area (TPSA) is 0 Å². The molecule has 66 valence electrons. The average Bonchev–Trinajstić information content (AvgIpc) is 2.86. The van der Waals surface area contributed by atoms with Crippen LogP contribution < -0.4 is 0 Å². The number of rotatable bonds is 3. The van der Waals surface area contributed by atoms with E-state index in [-0.39, 0.29) is 0 Å². The molecule has 0 aromatic heterocycles. The summed E-state index contributed by atoms with van der Waals surface area (Å²) < 4.78 is 0. The predicted octanol–water partition coefficient (Wildman–Crippen LogP) is 3.84. The van der Waals surface area contributed by atoms with Crippen molar-refractivity contribution in [3.63, 3.8) is 0 Å². The minimum Gasteiger partial charge on any atom is -0.0810 e. The molecule has 2 rings (SSSR count). The van der Waals surface area contributed by atoms with E-state index >= 15 is 0 Å². The lowest BCUT2D eigenvalue weighted by Gasteiger charge is -2.12. The van der Waals surface area contributed by atoms with Crippen molar-refractivity contribution < 1.29 is 0 Å². The Hall–Kier alpha value is -0.520. The van der Waals surface area contributed by atoms with Gasteiger partial charge in [-0.05, 0) is 44.1 Å². The molecule has 0 aromatic rings. The van der Waals surface area contributed by atoms with E-state index in [0.29, 0.717) is 0 Å². The molecule has 0 atom stereocenters. The van der Waals surface area contributed by atoms with Crippen LogP contribution in [0.4, 0.5) is 0 Å². The molecule has 0 unspecified atom stereocenters. The number of hydrogen-bond donors (Lipinski definition) is 0. The van der Waals surface area contributed by atoms with Crippen LogP contribution in [0.5, 0.6) is 0 Å². The van der Waals surface area contributed by atoms with Gasteiger partial charge in [-0.15, -0.1) is 0 Å². The van der Waals surface area contributed by atoms with E-state index in [9.17, 15) is 0 Å². The molecule has 0 aromatic carbocycles. The summed E-state index contributed by atoms with van der Waals surface area (Å²) in [5.74, 6) is 1.08. The lowest BCUT2D eigenvalue weighted by Crippen LogP contribution is -1.92. The Labute approximate surface area is 75.4 Å². The molecule has 0 radical (unpaired) electrons. The van der Waals surface area contributed by atoms with Gasteiger partial charge in [-0.25, -0.2) is 0 Å². The third-order valence-corrected chi connectivity index (χ3v) is 3.03. The number of allylic oxidation sites excluding steroid dienone is 4. The second-order valence-electron chi connectivity index (χ2n) is 4.18. The van der Waals surface area contributed by atoms with Gasteiger partial charge >= 0.3 is 0 Å². The summed E-state index contributed by atoms with van der Waals surface area (Å²) in [5.41, 5.74) is 3.18. The van der Waals surface area contributed by atoms with Gasteiger partial charge in [-0.3, -0.25) is 0 Å². The highest BCUT2D eigenvalue weighted by Crippen LogP contribution is 2.36. The Morgan fingerprint density at radius 2 is 2.00 bits per heavy atom. The third kappa shape index (κ3) is 2.00. The van der Waals surface area contributed by atoms with Gasteiger partial charge in [0.1, 0.15) is 0 Å². The fourth-order valence-corrected chi connectivity index (χ4v) is 1.91. The Kier molecular flexibility index (Phi) is 2.34. The lowest BCUT2D eigenvalue weighted by molar-refractivity contribution is 0.718. The Balaban J connectivity index is 1.84. The summed E-state index contributed by atoms with van der Waals surface area (Å²) in [6, 6.07) is 0. The molecule has 0 heterocycles. The molecule has 12 heavy (non-hydrogen) atoms. The second kappa shape index (κ2) is 3.47. The normalized spacial score (nSPS) is 23.4. The van der Waals surface area contributed by atoms with Crippen LogP contribution in [-0.2, 0) is 0 Å². The number of hydrogen-bond acceptors (Lipinski definition) is 0. The van der Waals surface area contributed by atoms with Gasteiger partial charge in [0.15, 0.2) is 0 Å². The lowest BCUT2D eigenvalue weighted by atomic mass is 9.94. The van der Waals surface area contributed by atoms with Gasteiger partial charge in [0.05, 0.1) is 0 Å². The fraction of sp³-hybridized carbons (Fsp3) is 0.667. The molecule has 0 bridgehead atoms. The smallest absolute Gasteiger partial charge is 0.0277 e. The molecule has 2 aliphatic rings.